The summed E-state index contributed by atoms with van der Waals surface area (Å²) in [5.41, 5.74) is 0.755. The molecule has 0 saturated heterocycles. The van der Waals surface area contributed by atoms with E-state index in [1.807, 2.05) is 37.3 Å². The van der Waals surface area contributed by atoms with E-state index in [4.69, 9.17) is 16.3 Å². The molecule has 3 nitrogen and oxygen atoms in total. The summed E-state index contributed by atoms with van der Waals surface area (Å²) in [6.45, 7) is 1.90. The summed E-state index contributed by atoms with van der Waals surface area (Å²) in [4.78, 5) is 12.2. The van der Waals surface area contributed by atoms with Crippen LogP contribution in [0.5, 0.6) is 5.75 Å². The predicted octanol–water partition coefficient (Wildman–Crippen LogP) is 4.14. The topological polar surface area (TPSA) is 38.3 Å². The molecule has 0 unspecified atom stereocenters. The number of para-hydroxylation sites is 1. The summed E-state index contributed by atoms with van der Waals surface area (Å²) in [6, 6.07) is 16.3. The predicted molar refractivity (Wildman–Crippen MR) is 81.2 cm³/mol. The monoisotopic (exact) mass is 289 g/mol. The summed E-state index contributed by atoms with van der Waals surface area (Å²) >= 11 is 5.90. The van der Waals surface area contributed by atoms with Gasteiger partial charge in [0.1, 0.15) is 5.75 Å². The lowest BCUT2D eigenvalue weighted by Crippen LogP contribution is -2.32. The SMILES string of the molecule is CC[C@@H](Oc1cccc(Cl)c1)C(=O)Nc1ccccc1. The van der Waals surface area contributed by atoms with Crippen molar-refractivity contribution in [2.75, 3.05) is 5.32 Å². The van der Waals surface area contributed by atoms with Crippen molar-refractivity contribution >= 4 is 23.2 Å². The number of halogens is 1. The minimum Gasteiger partial charge on any atom is -0.481 e. The highest BCUT2D eigenvalue weighted by molar-refractivity contribution is 6.30. The van der Waals surface area contributed by atoms with Crippen LogP contribution in [0.4, 0.5) is 5.69 Å². The van der Waals surface area contributed by atoms with Crippen molar-refractivity contribution in [1.82, 2.24) is 0 Å². The number of anilines is 1. The fourth-order valence-corrected chi connectivity index (χ4v) is 1.95. The Balaban J connectivity index is 2.02. The zero-order chi connectivity index (χ0) is 14.4. The van der Waals surface area contributed by atoms with Gasteiger partial charge in [0.2, 0.25) is 0 Å². The normalized spacial score (nSPS) is 11.7. The molecule has 1 N–H and O–H groups in total. The molecule has 0 aliphatic heterocycles. The van der Waals surface area contributed by atoms with E-state index in [0.29, 0.717) is 17.2 Å². The second kappa shape index (κ2) is 6.96. The zero-order valence-corrected chi connectivity index (χ0v) is 11.9. The molecule has 0 spiro atoms. The summed E-state index contributed by atoms with van der Waals surface area (Å²) < 4.78 is 5.68. The Kier molecular flexibility index (Phi) is 5.02. The molecule has 1 atom stereocenters. The van der Waals surface area contributed by atoms with Gasteiger partial charge in [-0.3, -0.25) is 4.79 Å². The molecule has 0 heterocycles. The van der Waals surface area contributed by atoms with Crippen LogP contribution in [-0.2, 0) is 4.79 Å². The lowest BCUT2D eigenvalue weighted by atomic mass is 10.2. The summed E-state index contributed by atoms with van der Waals surface area (Å²) in [5, 5.41) is 3.41. The highest BCUT2D eigenvalue weighted by Gasteiger charge is 2.18. The lowest BCUT2D eigenvalue weighted by molar-refractivity contribution is -0.122. The van der Waals surface area contributed by atoms with Gasteiger partial charge in [0.25, 0.3) is 5.91 Å². The first-order chi connectivity index (χ1) is 9.69. The van der Waals surface area contributed by atoms with E-state index in [1.54, 1.807) is 24.3 Å². The molecule has 0 aliphatic rings. The molecule has 0 fully saturated rings. The molecule has 0 saturated carbocycles. The number of carbonyl (C=O) groups excluding carboxylic acids is 1. The van der Waals surface area contributed by atoms with Gasteiger partial charge in [0.05, 0.1) is 0 Å². The van der Waals surface area contributed by atoms with Crippen LogP contribution in [0.25, 0.3) is 0 Å². The van der Waals surface area contributed by atoms with Gasteiger partial charge in [-0.2, -0.15) is 0 Å². The van der Waals surface area contributed by atoms with Crippen LogP contribution >= 0.6 is 11.6 Å². The van der Waals surface area contributed by atoms with Crippen molar-refractivity contribution in [2.45, 2.75) is 19.4 Å². The Bertz CT molecular complexity index is 572. The Labute approximate surface area is 123 Å². The van der Waals surface area contributed by atoms with E-state index in [2.05, 4.69) is 5.32 Å². The van der Waals surface area contributed by atoms with Gasteiger partial charge < -0.3 is 10.1 Å². The van der Waals surface area contributed by atoms with Gasteiger partial charge in [-0.15, -0.1) is 0 Å². The highest BCUT2D eigenvalue weighted by Crippen LogP contribution is 2.19. The van der Waals surface area contributed by atoms with Crippen molar-refractivity contribution in [3.63, 3.8) is 0 Å². The van der Waals surface area contributed by atoms with Gasteiger partial charge in [-0.25, -0.2) is 0 Å². The zero-order valence-electron chi connectivity index (χ0n) is 11.2. The first-order valence-corrected chi connectivity index (χ1v) is 6.85. The number of ether oxygens (including phenoxy) is 1. The number of benzene rings is 2. The highest BCUT2D eigenvalue weighted by atomic mass is 35.5. The molecule has 2 aromatic rings. The van der Waals surface area contributed by atoms with Gasteiger partial charge in [-0.05, 0) is 36.8 Å². The molecule has 0 aliphatic carbocycles. The number of hydrogen-bond acceptors (Lipinski definition) is 2. The van der Waals surface area contributed by atoms with Crippen LogP contribution < -0.4 is 10.1 Å². The van der Waals surface area contributed by atoms with E-state index in [1.165, 1.54) is 0 Å². The maximum atomic E-state index is 12.2. The fraction of sp³-hybridized carbons (Fsp3) is 0.188. The third-order valence-corrected chi connectivity index (χ3v) is 3.01. The van der Waals surface area contributed by atoms with Crippen LogP contribution in [0.15, 0.2) is 54.6 Å². The Morgan fingerprint density at radius 1 is 1.20 bits per heavy atom. The van der Waals surface area contributed by atoms with Gasteiger partial charge >= 0.3 is 0 Å². The number of rotatable bonds is 5. The number of amides is 1. The second-order valence-electron chi connectivity index (χ2n) is 4.33. The molecule has 20 heavy (non-hydrogen) atoms. The standard InChI is InChI=1S/C16H16ClNO2/c1-2-15(20-14-10-6-7-12(17)11-14)16(19)18-13-8-4-3-5-9-13/h3-11,15H,2H2,1H3,(H,18,19)/t15-/m1/s1. The van der Waals surface area contributed by atoms with Gasteiger partial charge in [0, 0.05) is 10.7 Å². The largest absolute Gasteiger partial charge is 0.481 e. The Hall–Kier alpha value is -2.00. The maximum absolute atomic E-state index is 12.2. The molecule has 1 amide bonds. The van der Waals surface area contributed by atoms with Crippen molar-refractivity contribution < 1.29 is 9.53 Å². The number of carbonyl (C=O) groups is 1. The van der Waals surface area contributed by atoms with Crippen LogP contribution in [0.3, 0.4) is 0 Å². The number of nitrogens with one attached hydrogen (secondary N) is 1. The molecule has 104 valence electrons. The number of hydrogen-bond donors (Lipinski definition) is 1. The quantitative estimate of drug-likeness (QED) is 0.898. The van der Waals surface area contributed by atoms with Crippen molar-refractivity contribution in [3.8, 4) is 5.75 Å². The van der Waals surface area contributed by atoms with E-state index < -0.39 is 6.10 Å². The first kappa shape index (κ1) is 14.4. The van der Waals surface area contributed by atoms with Crippen LogP contribution in [0.2, 0.25) is 5.02 Å². The van der Waals surface area contributed by atoms with Gasteiger partial charge in [0.15, 0.2) is 6.10 Å². The Morgan fingerprint density at radius 2 is 1.95 bits per heavy atom. The maximum Gasteiger partial charge on any atom is 0.265 e. The molecular weight excluding hydrogens is 274 g/mol. The Morgan fingerprint density at radius 3 is 2.60 bits per heavy atom. The van der Waals surface area contributed by atoms with E-state index in [-0.39, 0.29) is 5.91 Å². The van der Waals surface area contributed by atoms with E-state index in [9.17, 15) is 4.79 Å². The average molecular weight is 290 g/mol. The van der Waals surface area contributed by atoms with Crippen molar-refractivity contribution in [2.24, 2.45) is 0 Å². The molecule has 2 aromatic carbocycles. The molecule has 2 rings (SSSR count). The second-order valence-corrected chi connectivity index (χ2v) is 4.76. The average Bonchev–Trinajstić information content (AvgIpc) is 2.46. The third kappa shape index (κ3) is 4.00. The fourth-order valence-electron chi connectivity index (χ4n) is 1.77. The van der Waals surface area contributed by atoms with Crippen LogP contribution in [0.1, 0.15) is 13.3 Å². The first-order valence-electron chi connectivity index (χ1n) is 6.47. The van der Waals surface area contributed by atoms with Gasteiger partial charge in [-0.1, -0.05) is 42.8 Å². The summed E-state index contributed by atoms with van der Waals surface area (Å²) in [6.07, 6.45) is 0.0271. The molecular formula is C16H16ClNO2. The minimum atomic E-state index is -0.548. The van der Waals surface area contributed by atoms with Crippen molar-refractivity contribution in [3.05, 3.63) is 59.6 Å². The minimum absolute atomic E-state index is 0.168. The summed E-state index contributed by atoms with van der Waals surface area (Å²) in [7, 11) is 0. The molecule has 0 bridgehead atoms. The lowest BCUT2D eigenvalue weighted by Gasteiger charge is -2.17. The van der Waals surface area contributed by atoms with E-state index in [0.717, 1.165) is 5.69 Å². The van der Waals surface area contributed by atoms with Crippen molar-refractivity contribution in [1.29, 1.82) is 0 Å². The van der Waals surface area contributed by atoms with Crippen LogP contribution in [0, 0.1) is 0 Å². The third-order valence-electron chi connectivity index (χ3n) is 2.78. The molecule has 0 aromatic heterocycles. The van der Waals surface area contributed by atoms with E-state index >= 15 is 0 Å². The van der Waals surface area contributed by atoms with Crippen LogP contribution in [-0.4, -0.2) is 12.0 Å². The summed E-state index contributed by atoms with van der Waals surface area (Å²) in [5.74, 6) is 0.422. The molecule has 4 heteroatoms. The smallest absolute Gasteiger partial charge is 0.265 e. The molecule has 0 radical (unpaired) electrons.